The Morgan fingerprint density at radius 2 is 1.50 bits per heavy atom. The predicted octanol–water partition coefficient (Wildman–Crippen LogP) is 3.62. The molecule has 2 aliphatic carbocycles. The third-order valence-corrected chi connectivity index (χ3v) is 7.38. The Morgan fingerprint density at radius 1 is 0.800 bits per heavy atom. The Morgan fingerprint density at radius 3 is 2.10 bits per heavy atom. The maximum absolute atomic E-state index is 13.0. The van der Waals surface area contributed by atoms with Crippen LogP contribution in [0.1, 0.15) is 57.8 Å². The molecule has 2 aliphatic heterocycles. The minimum Gasteiger partial charge on any atom is -0.508 e. The smallest absolute Gasteiger partial charge is 0.239 e. The fourth-order valence-corrected chi connectivity index (χ4v) is 5.14. The van der Waals surface area contributed by atoms with Gasteiger partial charge >= 0.3 is 0 Å². The monoisotopic (exact) mass is 417 g/mol. The van der Waals surface area contributed by atoms with E-state index >= 15 is 0 Å². The van der Waals surface area contributed by atoms with Gasteiger partial charge in [0.25, 0.3) is 0 Å². The Bertz CT molecular complexity index is 669. The summed E-state index contributed by atoms with van der Waals surface area (Å²) in [5.74, 6) is 0.203. The molecule has 2 heterocycles. The minimum atomic E-state index is -0.331. The van der Waals surface area contributed by atoms with E-state index in [1.165, 1.54) is 82.2 Å². The molecule has 4 fully saturated rings. The molecule has 1 N–H and O–H groups in total. The zero-order chi connectivity index (χ0) is 20.9. The lowest BCUT2D eigenvalue weighted by molar-refractivity contribution is -0.137. The van der Waals surface area contributed by atoms with Crippen LogP contribution in [0.15, 0.2) is 24.3 Å². The highest BCUT2D eigenvalue weighted by Gasteiger charge is 2.39. The molecule has 2 saturated heterocycles. The minimum absolute atomic E-state index is 0.0893. The molecule has 0 spiro atoms. The van der Waals surface area contributed by atoms with Gasteiger partial charge in [0.1, 0.15) is 11.6 Å². The van der Waals surface area contributed by atoms with E-state index in [9.17, 15) is 9.18 Å². The van der Waals surface area contributed by atoms with E-state index in [4.69, 9.17) is 5.11 Å². The van der Waals surface area contributed by atoms with Crippen molar-refractivity contribution in [1.29, 1.82) is 0 Å². The van der Waals surface area contributed by atoms with Gasteiger partial charge in [-0.3, -0.25) is 14.6 Å². The summed E-state index contributed by atoms with van der Waals surface area (Å²) in [6.45, 7) is 5.41. The van der Waals surface area contributed by atoms with Crippen molar-refractivity contribution in [2.24, 2.45) is 0 Å². The molecule has 4 aliphatic rings. The highest BCUT2D eigenvalue weighted by Crippen LogP contribution is 2.32. The van der Waals surface area contributed by atoms with Crippen LogP contribution < -0.4 is 0 Å². The zero-order valence-corrected chi connectivity index (χ0v) is 18.0. The Kier molecular flexibility index (Phi) is 7.26. The first-order chi connectivity index (χ1) is 14.6. The Hall–Kier alpha value is -1.66. The number of carbonyl (C=O) groups is 1. The Balaban J connectivity index is 0.000000230. The number of phenols is 1. The van der Waals surface area contributed by atoms with Crippen LogP contribution in [0.25, 0.3) is 0 Å². The standard InChI is InChI=1S/C18H31N3O.C6H5FO/c22-18(17-9-3-12-21(17)16-7-2-8-16)20-11-4-10-19(13-14-20)15-5-1-6-15;7-5-1-3-6(8)4-2-5/h15-17H,1-14H2;1-4,8H/t17-;/m1./s1. The lowest BCUT2D eigenvalue weighted by atomic mass is 9.91. The quantitative estimate of drug-likeness (QED) is 0.816. The van der Waals surface area contributed by atoms with E-state index in [1.807, 2.05) is 0 Å². The molecule has 0 aromatic heterocycles. The van der Waals surface area contributed by atoms with Crippen LogP contribution in [-0.2, 0) is 4.79 Å². The molecule has 1 aromatic carbocycles. The number of hydrogen-bond acceptors (Lipinski definition) is 4. The molecule has 30 heavy (non-hydrogen) atoms. The maximum Gasteiger partial charge on any atom is 0.239 e. The SMILES string of the molecule is O=C([C@H]1CCCN1C1CCC1)N1CCCN(C2CCC2)CC1.Oc1ccc(F)cc1. The van der Waals surface area contributed by atoms with Crippen LogP contribution >= 0.6 is 0 Å². The molecule has 0 bridgehead atoms. The lowest BCUT2D eigenvalue weighted by Crippen LogP contribution is -2.52. The Labute approximate surface area is 179 Å². The zero-order valence-electron chi connectivity index (χ0n) is 18.0. The molecule has 1 amide bonds. The molecule has 6 heteroatoms. The first-order valence-corrected chi connectivity index (χ1v) is 11.8. The maximum atomic E-state index is 13.0. The highest BCUT2D eigenvalue weighted by atomic mass is 19.1. The second-order valence-corrected chi connectivity index (χ2v) is 9.26. The summed E-state index contributed by atoms with van der Waals surface area (Å²) in [6, 6.07) is 6.76. The van der Waals surface area contributed by atoms with E-state index < -0.39 is 0 Å². The number of rotatable bonds is 3. The number of carbonyl (C=O) groups excluding carboxylic acids is 1. The van der Waals surface area contributed by atoms with Gasteiger partial charge in [-0.1, -0.05) is 12.8 Å². The lowest BCUT2D eigenvalue weighted by Gasteiger charge is -2.39. The number of phenolic OH excluding ortho intramolecular Hbond substituents is 1. The van der Waals surface area contributed by atoms with Gasteiger partial charge in [0, 0.05) is 38.3 Å². The van der Waals surface area contributed by atoms with Crippen molar-refractivity contribution in [3.63, 3.8) is 0 Å². The van der Waals surface area contributed by atoms with Gasteiger partial charge in [0.15, 0.2) is 0 Å². The second-order valence-electron chi connectivity index (χ2n) is 9.26. The number of hydrogen-bond donors (Lipinski definition) is 1. The summed E-state index contributed by atoms with van der Waals surface area (Å²) >= 11 is 0. The van der Waals surface area contributed by atoms with Crippen molar-refractivity contribution < 1.29 is 14.3 Å². The molecular weight excluding hydrogens is 381 g/mol. The molecule has 1 atom stereocenters. The molecule has 5 rings (SSSR count). The number of likely N-dealkylation sites (tertiary alicyclic amines) is 1. The van der Waals surface area contributed by atoms with Gasteiger partial charge in [-0.05, 0) is 75.8 Å². The average molecular weight is 418 g/mol. The molecule has 166 valence electrons. The topological polar surface area (TPSA) is 47.0 Å². The van der Waals surface area contributed by atoms with Crippen LogP contribution in [0, 0.1) is 5.82 Å². The second kappa shape index (κ2) is 10.1. The predicted molar refractivity (Wildman–Crippen MR) is 116 cm³/mol. The van der Waals surface area contributed by atoms with E-state index in [-0.39, 0.29) is 17.6 Å². The molecule has 0 radical (unpaired) electrons. The first-order valence-electron chi connectivity index (χ1n) is 11.8. The van der Waals surface area contributed by atoms with E-state index in [0.717, 1.165) is 44.7 Å². The van der Waals surface area contributed by atoms with E-state index in [0.29, 0.717) is 5.91 Å². The van der Waals surface area contributed by atoms with Gasteiger partial charge in [-0.25, -0.2) is 4.39 Å². The van der Waals surface area contributed by atoms with Crippen molar-refractivity contribution >= 4 is 5.91 Å². The van der Waals surface area contributed by atoms with Gasteiger partial charge in [-0.2, -0.15) is 0 Å². The van der Waals surface area contributed by atoms with Crippen molar-refractivity contribution in [1.82, 2.24) is 14.7 Å². The van der Waals surface area contributed by atoms with E-state index in [1.54, 1.807) is 0 Å². The number of halogens is 1. The van der Waals surface area contributed by atoms with Crippen LogP contribution in [0.5, 0.6) is 5.75 Å². The number of aromatic hydroxyl groups is 1. The molecule has 0 unspecified atom stereocenters. The summed E-state index contributed by atoms with van der Waals surface area (Å²) in [5.41, 5.74) is 0. The van der Waals surface area contributed by atoms with Crippen molar-refractivity contribution in [3.05, 3.63) is 30.1 Å². The van der Waals surface area contributed by atoms with Crippen LogP contribution in [-0.4, -0.2) is 76.6 Å². The fourth-order valence-electron chi connectivity index (χ4n) is 5.14. The van der Waals surface area contributed by atoms with Gasteiger partial charge in [0.2, 0.25) is 5.91 Å². The van der Waals surface area contributed by atoms with Gasteiger partial charge in [-0.15, -0.1) is 0 Å². The summed E-state index contributed by atoms with van der Waals surface area (Å²) in [6.07, 6.45) is 11.6. The normalized spacial score (nSPS) is 26.3. The van der Waals surface area contributed by atoms with Crippen LogP contribution in [0.2, 0.25) is 0 Å². The van der Waals surface area contributed by atoms with Crippen molar-refractivity contribution in [2.75, 3.05) is 32.7 Å². The van der Waals surface area contributed by atoms with Crippen LogP contribution in [0.4, 0.5) is 4.39 Å². The van der Waals surface area contributed by atoms with Crippen molar-refractivity contribution in [2.45, 2.75) is 75.9 Å². The molecular formula is C24H36FN3O2. The largest absolute Gasteiger partial charge is 0.508 e. The number of amides is 1. The van der Waals surface area contributed by atoms with Crippen molar-refractivity contribution in [3.8, 4) is 5.75 Å². The third kappa shape index (κ3) is 5.14. The summed E-state index contributed by atoms with van der Waals surface area (Å²) in [4.78, 5) is 20.4. The summed E-state index contributed by atoms with van der Waals surface area (Å²) < 4.78 is 12.0. The van der Waals surface area contributed by atoms with Gasteiger partial charge in [0.05, 0.1) is 6.04 Å². The number of nitrogens with zero attached hydrogens (tertiary/aromatic N) is 3. The molecule has 5 nitrogen and oxygen atoms in total. The summed E-state index contributed by atoms with van der Waals surface area (Å²) in [5, 5.41) is 8.59. The van der Waals surface area contributed by atoms with Crippen LogP contribution in [0.3, 0.4) is 0 Å². The third-order valence-electron chi connectivity index (χ3n) is 7.38. The molecule has 2 saturated carbocycles. The van der Waals surface area contributed by atoms with E-state index in [2.05, 4.69) is 14.7 Å². The summed E-state index contributed by atoms with van der Waals surface area (Å²) in [7, 11) is 0. The van der Waals surface area contributed by atoms with Gasteiger partial charge < -0.3 is 10.0 Å². The average Bonchev–Trinajstić information content (AvgIpc) is 2.99. The molecule has 1 aromatic rings. The highest BCUT2D eigenvalue weighted by molar-refractivity contribution is 5.82. The first kappa shape index (κ1) is 21.6. The number of benzene rings is 1. The fraction of sp³-hybridized carbons (Fsp3) is 0.708.